The Labute approximate surface area is 87.8 Å². The van der Waals surface area contributed by atoms with Crippen molar-refractivity contribution >= 4 is 34.0 Å². The van der Waals surface area contributed by atoms with Crippen LogP contribution in [0.25, 0.3) is 0 Å². The molecule has 0 aliphatic rings. The lowest BCUT2D eigenvalue weighted by Gasteiger charge is -2.01. The summed E-state index contributed by atoms with van der Waals surface area (Å²) >= 11 is 1.49. The number of anilines is 1. The molecular weight excluding hydrogens is 226 g/mol. The molecule has 0 radical (unpaired) electrons. The Kier molecular flexibility index (Phi) is 3.98. The number of aliphatic carboxylic acids is 1. The highest BCUT2D eigenvalue weighted by molar-refractivity contribution is 7.69. The molecule has 0 aliphatic heterocycles. The van der Waals surface area contributed by atoms with Gasteiger partial charge < -0.3 is 10.8 Å². The van der Waals surface area contributed by atoms with E-state index in [-0.39, 0.29) is 11.6 Å². The standard InChI is InChI=1S/C6H9N3O3S2/c1-12-9-14-4(5(10)11)3-2-13-6(7)8-3/h2,4,14H,1H3,(H2,7,8)(H,10,11). The van der Waals surface area contributed by atoms with Crippen LogP contribution in [-0.2, 0) is 21.2 Å². The molecule has 1 unspecified atom stereocenters. The van der Waals surface area contributed by atoms with Crippen LogP contribution in [-0.4, -0.2) is 23.2 Å². The average molecular weight is 235 g/mol. The molecule has 14 heavy (non-hydrogen) atoms. The van der Waals surface area contributed by atoms with Gasteiger partial charge in [-0.3, -0.25) is 4.79 Å². The van der Waals surface area contributed by atoms with Gasteiger partial charge in [-0.2, -0.15) is 0 Å². The van der Waals surface area contributed by atoms with Gasteiger partial charge in [0.05, 0.1) is 12.8 Å². The van der Waals surface area contributed by atoms with Crippen LogP contribution in [0.2, 0.25) is 0 Å². The second kappa shape index (κ2) is 5.03. The molecule has 0 aliphatic carbocycles. The van der Waals surface area contributed by atoms with Crippen molar-refractivity contribution in [3.8, 4) is 0 Å². The fourth-order valence-electron chi connectivity index (χ4n) is 0.756. The third-order valence-corrected chi connectivity index (χ3v) is 2.96. The van der Waals surface area contributed by atoms with Gasteiger partial charge in [-0.25, -0.2) is 9.82 Å². The Morgan fingerprint density at radius 3 is 3.07 bits per heavy atom. The molecular formula is C6H9N3O3S2. The minimum absolute atomic E-state index is 0.287. The summed E-state index contributed by atoms with van der Waals surface area (Å²) in [6, 6.07) is 0. The van der Waals surface area contributed by atoms with E-state index in [2.05, 4.69) is 14.3 Å². The summed E-state index contributed by atoms with van der Waals surface area (Å²) in [6.45, 7) is 0. The van der Waals surface area contributed by atoms with E-state index in [1.54, 1.807) is 5.38 Å². The molecule has 78 valence electrons. The molecule has 3 N–H and O–H groups in total. The summed E-state index contributed by atoms with van der Waals surface area (Å²) in [4.78, 5) is 19.1. The monoisotopic (exact) mass is 235 g/mol. The number of carbonyl (C=O) groups is 1. The SMILES string of the molecule is CO/N=[SH]\C(C(=O)O)c1csc(N)n1. The first-order valence-corrected chi connectivity index (χ1v) is 5.31. The number of nitrogens with two attached hydrogens (primary N) is 1. The minimum atomic E-state index is -1.00. The highest BCUT2D eigenvalue weighted by Crippen LogP contribution is 2.20. The molecule has 0 saturated carbocycles. The maximum Gasteiger partial charge on any atom is 0.323 e. The van der Waals surface area contributed by atoms with E-state index in [1.165, 1.54) is 18.4 Å². The quantitative estimate of drug-likeness (QED) is 0.518. The first-order chi connectivity index (χ1) is 6.65. The number of nitrogens with zero attached hydrogens (tertiary/aromatic N) is 2. The molecule has 6 nitrogen and oxygen atoms in total. The van der Waals surface area contributed by atoms with Gasteiger partial charge in [0.2, 0.25) is 0 Å². The van der Waals surface area contributed by atoms with Crippen LogP contribution >= 0.6 is 11.3 Å². The van der Waals surface area contributed by atoms with Crippen LogP contribution in [0.3, 0.4) is 0 Å². The lowest BCUT2D eigenvalue weighted by atomic mass is 10.3. The lowest BCUT2D eigenvalue weighted by Crippen LogP contribution is -2.10. The van der Waals surface area contributed by atoms with Crippen LogP contribution < -0.4 is 5.73 Å². The van der Waals surface area contributed by atoms with Gasteiger partial charge in [0.25, 0.3) is 0 Å². The van der Waals surface area contributed by atoms with Gasteiger partial charge in [0.1, 0.15) is 0 Å². The first-order valence-electron chi connectivity index (χ1n) is 3.52. The maximum atomic E-state index is 10.8. The molecule has 0 bridgehead atoms. The highest BCUT2D eigenvalue weighted by Gasteiger charge is 2.20. The normalized spacial score (nSPS) is 13.8. The van der Waals surface area contributed by atoms with Crippen LogP contribution in [0.1, 0.15) is 10.9 Å². The molecule has 0 spiro atoms. The molecule has 1 aromatic rings. The van der Waals surface area contributed by atoms with E-state index in [0.29, 0.717) is 10.8 Å². The molecule has 1 heterocycles. The van der Waals surface area contributed by atoms with Crippen LogP contribution in [0.5, 0.6) is 0 Å². The van der Waals surface area contributed by atoms with Crippen molar-refractivity contribution in [2.45, 2.75) is 5.25 Å². The van der Waals surface area contributed by atoms with Crippen LogP contribution in [0, 0.1) is 0 Å². The summed E-state index contributed by atoms with van der Waals surface area (Å²) in [7, 11) is 1.36. The largest absolute Gasteiger partial charge is 0.480 e. The Balaban J connectivity index is 2.88. The zero-order valence-electron chi connectivity index (χ0n) is 7.25. The van der Waals surface area contributed by atoms with Crippen molar-refractivity contribution in [2.24, 2.45) is 4.53 Å². The molecule has 0 amide bonds. The summed E-state index contributed by atoms with van der Waals surface area (Å²) in [5, 5.41) is 10.00. The number of rotatable bonds is 4. The summed E-state index contributed by atoms with van der Waals surface area (Å²) < 4.78 is 3.49. The fraction of sp³-hybridized carbons (Fsp3) is 0.333. The molecule has 1 rings (SSSR count). The minimum Gasteiger partial charge on any atom is -0.480 e. The summed E-state index contributed by atoms with van der Waals surface area (Å²) in [5.41, 5.74) is 5.80. The van der Waals surface area contributed by atoms with Crippen molar-refractivity contribution in [1.82, 2.24) is 4.98 Å². The highest BCUT2D eigenvalue weighted by atomic mass is 32.1. The third-order valence-electron chi connectivity index (χ3n) is 1.30. The Morgan fingerprint density at radius 1 is 1.93 bits per heavy atom. The Morgan fingerprint density at radius 2 is 2.64 bits per heavy atom. The molecule has 0 saturated heterocycles. The van der Waals surface area contributed by atoms with Crippen LogP contribution in [0.4, 0.5) is 5.13 Å². The molecule has 0 fully saturated rings. The van der Waals surface area contributed by atoms with Gasteiger partial charge >= 0.3 is 5.97 Å². The van der Waals surface area contributed by atoms with E-state index in [4.69, 9.17) is 10.8 Å². The Hall–Kier alpha value is -0.990. The van der Waals surface area contributed by atoms with Gasteiger partial charge in [0, 0.05) is 5.38 Å². The zero-order chi connectivity index (χ0) is 10.6. The topological polar surface area (TPSA) is 97.8 Å². The van der Waals surface area contributed by atoms with Crippen molar-refractivity contribution in [3.63, 3.8) is 0 Å². The van der Waals surface area contributed by atoms with Gasteiger partial charge in [-0.1, -0.05) is 11.6 Å². The van der Waals surface area contributed by atoms with Crippen LogP contribution in [0.15, 0.2) is 9.91 Å². The second-order valence-electron chi connectivity index (χ2n) is 2.23. The predicted molar refractivity (Wildman–Crippen MR) is 55.1 cm³/mol. The Bertz CT molecular complexity index is 352. The molecule has 1 aromatic heterocycles. The molecule has 8 heteroatoms. The number of thiazole rings is 1. The van der Waals surface area contributed by atoms with Crippen molar-refractivity contribution in [3.05, 3.63) is 11.1 Å². The number of hydrogen-bond acceptors (Lipinski definition) is 6. The number of carboxylic acids is 1. The number of hydrogen-bond donors (Lipinski definition) is 3. The second-order valence-corrected chi connectivity index (χ2v) is 4.03. The van der Waals surface area contributed by atoms with E-state index >= 15 is 0 Å². The average Bonchev–Trinajstić information content (AvgIpc) is 2.52. The van der Waals surface area contributed by atoms with E-state index in [1.807, 2.05) is 0 Å². The van der Waals surface area contributed by atoms with Crippen molar-refractivity contribution in [2.75, 3.05) is 12.8 Å². The third kappa shape index (κ3) is 2.76. The molecule has 1 atom stereocenters. The number of nitrogen functional groups attached to an aromatic ring is 1. The van der Waals surface area contributed by atoms with Crippen molar-refractivity contribution < 1.29 is 14.7 Å². The van der Waals surface area contributed by atoms with E-state index in [0.717, 1.165) is 0 Å². The number of carboxylic acid groups (broad SMARTS) is 1. The van der Waals surface area contributed by atoms with E-state index < -0.39 is 11.2 Å². The molecule has 0 aromatic carbocycles. The first kappa shape index (κ1) is 11.1. The van der Waals surface area contributed by atoms with Gasteiger partial charge in [-0.05, 0) is 0 Å². The maximum absolute atomic E-state index is 10.8. The van der Waals surface area contributed by atoms with Gasteiger partial charge in [0.15, 0.2) is 10.4 Å². The number of thiol groups is 1. The number of aromatic nitrogens is 1. The fourth-order valence-corrected chi connectivity index (χ4v) is 1.98. The smallest absolute Gasteiger partial charge is 0.323 e. The predicted octanol–water partition coefficient (Wildman–Crippen LogP) is 0.411. The summed E-state index contributed by atoms with van der Waals surface area (Å²) in [5.74, 6) is -1.00. The lowest BCUT2D eigenvalue weighted by molar-refractivity contribution is -0.136. The zero-order valence-corrected chi connectivity index (χ0v) is 8.96. The van der Waals surface area contributed by atoms with Gasteiger partial charge in [-0.15, -0.1) is 15.9 Å². The summed E-state index contributed by atoms with van der Waals surface area (Å²) in [6.07, 6.45) is 0. The van der Waals surface area contributed by atoms with E-state index in [9.17, 15) is 4.79 Å². The van der Waals surface area contributed by atoms with Crippen molar-refractivity contribution in [1.29, 1.82) is 0 Å².